The Morgan fingerprint density at radius 3 is 2.33 bits per heavy atom. The molecule has 0 saturated carbocycles. The van der Waals surface area contributed by atoms with Crippen LogP contribution in [0.4, 0.5) is 4.39 Å². The predicted molar refractivity (Wildman–Crippen MR) is 102 cm³/mol. The molecule has 1 aliphatic heterocycles. The number of carbonyl (C=O) groups is 2. The van der Waals surface area contributed by atoms with Crippen molar-refractivity contribution in [2.24, 2.45) is 11.0 Å². The molecule has 0 aromatic heterocycles. The lowest BCUT2D eigenvalue weighted by Gasteiger charge is -2.31. The van der Waals surface area contributed by atoms with Gasteiger partial charge in [-0.1, -0.05) is 23.7 Å². The summed E-state index contributed by atoms with van der Waals surface area (Å²) in [4.78, 5) is 26.4. The van der Waals surface area contributed by atoms with Crippen LogP contribution in [0.5, 0.6) is 0 Å². The summed E-state index contributed by atoms with van der Waals surface area (Å²) in [6.07, 6.45) is 2.63. The van der Waals surface area contributed by atoms with E-state index in [0.29, 0.717) is 42.1 Å². The van der Waals surface area contributed by atoms with Crippen LogP contribution in [-0.2, 0) is 4.79 Å². The van der Waals surface area contributed by atoms with Crippen molar-refractivity contribution in [1.29, 1.82) is 0 Å². The maximum absolute atomic E-state index is 12.8. The molecule has 0 atom stereocenters. The predicted octanol–water partition coefficient (Wildman–Crippen LogP) is 3.48. The zero-order valence-corrected chi connectivity index (χ0v) is 15.3. The summed E-state index contributed by atoms with van der Waals surface area (Å²) in [6.45, 7) is 1.03. The average Bonchev–Trinajstić information content (AvgIpc) is 2.69. The van der Waals surface area contributed by atoms with E-state index >= 15 is 0 Å². The van der Waals surface area contributed by atoms with E-state index in [1.165, 1.54) is 18.3 Å². The molecule has 5 nitrogen and oxygen atoms in total. The minimum atomic E-state index is -0.323. The molecular weight excluding hydrogens is 369 g/mol. The fourth-order valence-corrected chi connectivity index (χ4v) is 3.06. The lowest BCUT2D eigenvalue weighted by molar-refractivity contribution is -0.126. The van der Waals surface area contributed by atoms with E-state index in [4.69, 9.17) is 11.6 Å². The molecular formula is C20H19ClFN3O2. The van der Waals surface area contributed by atoms with E-state index < -0.39 is 0 Å². The van der Waals surface area contributed by atoms with Crippen LogP contribution in [0.15, 0.2) is 53.6 Å². The van der Waals surface area contributed by atoms with Crippen molar-refractivity contribution in [3.05, 3.63) is 70.5 Å². The van der Waals surface area contributed by atoms with Crippen molar-refractivity contribution in [1.82, 2.24) is 10.3 Å². The second kappa shape index (κ2) is 8.77. The van der Waals surface area contributed by atoms with Gasteiger partial charge in [0.1, 0.15) is 5.82 Å². The smallest absolute Gasteiger partial charge is 0.253 e. The van der Waals surface area contributed by atoms with Crippen LogP contribution in [0.2, 0.25) is 5.02 Å². The van der Waals surface area contributed by atoms with E-state index in [1.807, 2.05) is 0 Å². The minimum absolute atomic E-state index is 0.0557. The molecule has 1 aliphatic rings. The third kappa shape index (κ3) is 5.14. The van der Waals surface area contributed by atoms with E-state index in [2.05, 4.69) is 10.5 Å². The molecule has 0 radical (unpaired) electrons. The van der Waals surface area contributed by atoms with Crippen molar-refractivity contribution in [2.45, 2.75) is 12.8 Å². The molecule has 0 unspecified atom stereocenters. The largest absolute Gasteiger partial charge is 0.339 e. The standard InChI is InChI=1S/C20H19ClFN3O2/c21-17-5-3-16(4-6-17)20(27)25-11-9-15(10-12-25)19(26)24-23-13-14-1-7-18(22)8-2-14/h1-8,13,15H,9-12H2,(H,24,26)/b23-13-. The number of nitrogens with one attached hydrogen (secondary N) is 1. The van der Waals surface area contributed by atoms with Gasteiger partial charge in [0.2, 0.25) is 5.91 Å². The highest BCUT2D eigenvalue weighted by atomic mass is 35.5. The number of carbonyl (C=O) groups excluding carboxylic acids is 2. The second-order valence-corrected chi connectivity index (χ2v) is 6.80. The normalized spacial score (nSPS) is 15.1. The summed E-state index contributed by atoms with van der Waals surface area (Å²) in [7, 11) is 0. The zero-order valence-electron chi connectivity index (χ0n) is 14.6. The number of piperidine rings is 1. The molecule has 7 heteroatoms. The number of hydrazone groups is 1. The Bertz CT molecular complexity index is 829. The second-order valence-electron chi connectivity index (χ2n) is 6.36. The average molecular weight is 388 g/mol. The molecule has 140 valence electrons. The van der Waals surface area contributed by atoms with Crippen LogP contribution in [0.25, 0.3) is 0 Å². The minimum Gasteiger partial charge on any atom is -0.339 e. The van der Waals surface area contributed by atoms with E-state index in [9.17, 15) is 14.0 Å². The van der Waals surface area contributed by atoms with Gasteiger partial charge in [-0.25, -0.2) is 9.82 Å². The first-order chi connectivity index (χ1) is 13.0. The van der Waals surface area contributed by atoms with E-state index in [0.717, 1.165) is 0 Å². The third-order valence-electron chi connectivity index (χ3n) is 4.50. The number of hydrogen-bond acceptors (Lipinski definition) is 3. The fraction of sp³-hybridized carbons (Fsp3) is 0.250. The zero-order chi connectivity index (χ0) is 19.2. The number of hydrogen-bond donors (Lipinski definition) is 1. The highest BCUT2D eigenvalue weighted by Gasteiger charge is 2.27. The van der Waals surface area contributed by atoms with Gasteiger partial charge in [0.25, 0.3) is 5.91 Å². The van der Waals surface area contributed by atoms with Gasteiger partial charge in [-0.15, -0.1) is 0 Å². The first-order valence-electron chi connectivity index (χ1n) is 8.66. The molecule has 2 amide bonds. The summed E-state index contributed by atoms with van der Waals surface area (Å²) in [5.74, 6) is -0.743. The molecule has 0 bridgehead atoms. The Morgan fingerprint density at radius 2 is 1.70 bits per heavy atom. The molecule has 1 heterocycles. The van der Waals surface area contributed by atoms with Crippen LogP contribution in [-0.4, -0.2) is 36.0 Å². The van der Waals surface area contributed by atoms with Gasteiger partial charge in [0.15, 0.2) is 0 Å². The van der Waals surface area contributed by atoms with Crippen molar-refractivity contribution in [3.63, 3.8) is 0 Å². The topological polar surface area (TPSA) is 61.8 Å². The molecule has 1 N–H and O–H groups in total. The van der Waals surface area contributed by atoms with Crippen LogP contribution in [0, 0.1) is 11.7 Å². The number of rotatable bonds is 4. The highest BCUT2D eigenvalue weighted by Crippen LogP contribution is 2.20. The monoisotopic (exact) mass is 387 g/mol. The number of nitrogens with zero attached hydrogens (tertiary/aromatic N) is 2. The van der Waals surface area contributed by atoms with Crippen LogP contribution < -0.4 is 5.43 Å². The lowest BCUT2D eigenvalue weighted by atomic mass is 9.95. The fourth-order valence-electron chi connectivity index (χ4n) is 2.93. The first kappa shape index (κ1) is 19.0. The Balaban J connectivity index is 1.48. The number of halogens is 2. The first-order valence-corrected chi connectivity index (χ1v) is 9.04. The van der Waals surface area contributed by atoms with E-state index in [1.54, 1.807) is 41.3 Å². The molecule has 3 rings (SSSR count). The number of benzene rings is 2. The Kier molecular flexibility index (Phi) is 6.19. The Hall–Kier alpha value is -2.73. The van der Waals surface area contributed by atoms with Crippen molar-refractivity contribution >= 4 is 29.6 Å². The van der Waals surface area contributed by atoms with E-state index in [-0.39, 0.29) is 23.5 Å². The molecule has 27 heavy (non-hydrogen) atoms. The summed E-state index contributed by atoms with van der Waals surface area (Å²) in [5, 5.41) is 4.50. The molecule has 0 spiro atoms. The summed E-state index contributed by atoms with van der Waals surface area (Å²) in [5.41, 5.74) is 3.80. The maximum Gasteiger partial charge on any atom is 0.253 e. The van der Waals surface area contributed by atoms with Crippen molar-refractivity contribution in [2.75, 3.05) is 13.1 Å². The highest BCUT2D eigenvalue weighted by molar-refractivity contribution is 6.30. The molecule has 1 saturated heterocycles. The van der Waals surface area contributed by atoms with Gasteiger partial charge in [0.05, 0.1) is 6.21 Å². The van der Waals surface area contributed by atoms with Crippen LogP contribution in [0.3, 0.4) is 0 Å². The van der Waals surface area contributed by atoms with Crippen molar-refractivity contribution in [3.8, 4) is 0 Å². The summed E-state index contributed by atoms with van der Waals surface area (Å²) < 4.78 is 12.8. The third-order valence-corrected chi connectivity index (χ3v) is 4.75. The van der Waals surface area contributed by atoms with Crippen molar-refractivity contribution < 1.29 is 14.0 Å². The van der Waals surface area contributed by atoms with Crippen LogP contribution >= 0.6 is 11.6 Å². The summed E-state index contributed by atoms with van der Waals surface area (Å²) >= 11 is 5.85. The number of amides is 2. The number of likely N-dealkylation sites (tertiary alicyclic amines) is 1. The molecule has 1 fully saturated rings. The van der Waals surface area contributed by atoms with Gasteiger partial charge in [-0.3, -0.25) is 9.59 Å². The molecule has 0 aliphatic carbocycles. The van der Waals surface area contributed by atoms with Gasteiger partial charge in [-0.05, 0) is 54.8 Å². The molecule has 2 aromatic rings. The summed E-state index contributed by atoms with van der Waals surface area (Å²) in [6, 6.07) is 12.6. The maximum atomic E-state index is 12.8. The Labute approximate surface area is 161 Å². The molecule has 2 aromatic carbocycles. The SMILES string of the molecule is O=C(N/N=C\c1ccc(F)cc1)C1CCN(C(=O)c2ccc(Cl)cc2)CC1. The van der Waals surface area contributed by atoms with Crippen LogP contribution in [0.1, 0.15) is 28.8 Å². The van der Waals surface area contributed by atoms with Gasteiger partial charge in [-0.2, -0.15) is 5.10 Å². The Morgan fingerprint density at radius 1 is 1.07 bits per heavy atom. The quantitative estimate of drug-likeness (QED) is 0.645. The van der Waals surface area contributed by atoms with Gasteiger partial charge < -0.3 is 4.90 Å². The van der Waals surface area contributed by atoms with Gasteiger partial charge >= 0.3 is 0 Å². The van der Waals surface area contributed by atoms with Gasteiger partial charge in [0, 0.05) is 29.6 Å². The lowest BCUT2D eigenvalue weighted by Crippen LogP contribution is -2.42.